The zero-order chi connectivity index (χ0) is 26.7. The zero-order valence-electron chi connectivity index (χ0n) is 22.1. The van der Waals surface area contributed by atoms with Crippen LogP contribution >= 0.6 is 9.03 Å². The van der Waals surface area contributed by atoms with E-state index in [4.69, 9.17) is 9.05 Å². The van der Waals surface area contributed by atoms with E-state index in [1.54, 1.807) is 48.5 Å². The van der Waals surface area contributed by atoms with Crippen LogP contribution < -0.4 is 9.05 Å². The lowest BCUT2D eigenvalue weighted by molar-refractivity contribution is 0.102. The molecule has 4 aromatic rings. The number of hydrogen-bond donors (Lipinski definition) is 0. The second kappa shape index (κ2) is 11.1. The monoisotopic (exact) mass is 510 g/mol. The molecule has 0 saturated heterocycles. The van der Waals surface area contributed by atoms with Gasteiger partial charge < -0.3 is 9.05 Å². The molecule has 0 aliphatic heterocycles. The highest BCUT2D eigenvalue weighted by molar-refractivity contribution is 7.27. The van der Waals surface area contributed by atoms with Crippen molar-refractivity contribution in [1.82, 2.24) is 0 Å². The molecule has 5 heteroatoms. The molecule has 0 unspecified atom stereocenters. The molecule has 0 bridgehead atoms. The molecule has 0 aromatic heterocycles. The van der Waals surface area contributed by atoms with Gasteiger partial charge in [-0.3, -0.25) is 9.59 Å². The van der Waals surface area contributed by atoms with Gasteiger partial charge in [-0.05, 0) is 112 Å². The maximum Gasteiger partial charge on any atom is 0.275 e. The first-order valence-electron chi connectivity index (χ1n) is 12.2. The van der Waals surface area contributed by atoms with Gasteiger partial charge in [-0.15, -0.1) is 0 Å². The number of aryl methyl sites for hydroxylation is 6. The van der Waals surface area contributed by atoms with Crippen molar-refractivity contribution in [2.24, 2.45) is 0 Å². The van der Waals surface area contributed by atoms with Gasteiger partial charge in [0.25, 0.3) is 9.03 Å². The summed E-state index contributed by atoms with van der Waals surface area (Å²) in [5.74, 6) is 1.24. The molecule has 4 rings (SSSR count). The average Bonchev–Trinajstić information content (AvgIpc) is 2.83. The van der Waals surface area contributed by atoms with E-state index >= 15 is 0 Å². The summed E-state index contributed by atoms with van der Waals surface area (Å²) in [6.45, 7) is 11.9. The van der Waals surface area contributed by atoms with E-state index in [1.165, 1.54) is 0 Å². The van der Waals surface area contributed by atoms with E-state index in [0.29, 0.717) is 22.6 Å². The molecular weight excluding hydrogens is 479 g/mol. The minimum atomic E-state index is -0.265. The van der Waals surface area contributed by atoms with Crippen molar-refractivity contribution in [3.8, 4) is 11.5 Å². The van der Waals surface area contributed by atoms with Gasteiger partial charge in [-0.25, -0.2) is 0 Å². The molecular formula is C32H31O4P. The number of carbonyl (C=O) groups excluding carboxylic acids is 2. The SMILES string of the molecule is Cc1cc(C)c(C(=O)c2ccc(OPOc3ccc(C(=O)c4c(C)cc(C)cc4C)cc3)cc2)c(C)c1. The Labute approximate surface area is 220 Å². The first-order chi connectivity index (χ1) is 17.6. The Hall–Kier alpha value is -3.75. The Balaban J connectivity index is 1.36. The second-order valence-corrected chi connectivity index (χ2v) is 10.1. The van der Waals surface area contributed by atoms with E-state index in [0.717, 1.165) is 44.5 Å². The lowest BCUT2D eigenvalue weighted by atomic mass is 9.93. The highest BCUT2D eigenvalue weighted by atomic mass is 31.1. The van der Waals surface area contributed by atoms with Crippen LogP contribution in [0.1, 0.15) is 65.2 Å². The van der Waals surface area contributed by atoms with Crippen LogP contribution in [0.3, 0.4) is 0 Å². The highest BCUT2D eigenvalue weighted by Gasteiger charge is 2.16. The van der Waals surface area contributed by atoms with E-state index < -0.39 is 0 Å². The van der Waals surface area contributed by atoms with Crippen LogP contribution in [0.25, 0.3) is 0 Å². The van der Waals surface area contributed by atoms with Crippen LogP contribution in [0.4, 0.5) is 0 Å². The third-order valence-corrected chi connectivity index (χ3v) is 7.00. The number of ketones is 2. The predicted molar refractivity (Wildman–Crippen MR) is 151 cm³/mol. The third-order valence-electron chi connectivity index (χ3n) is 6.36. The van der Waals surface area contributed by atoms with Crippen molar-refractivity contribution < 1.29 is 18.6 Å². The molecule has 4 aromatic carbocycles. The molecule has 0 spiro atoms. The van der Waals surface area contributed by atoms with Crippen LogP contribution in [0.2, 0.25) is 0 Å². The molecule has 0 aliphatic carbocycles. The summed E-state index contributed by atoms with van der Waals surface area (Å²) in [6, 6.07) is 22.3. The van der Waals surface area contributed by atoms with Crippen molar-refractivity contribution in [3.05, 3.63) is 128 Å². The Bertz CT molecular complexity index is 1310. The molecule has 0 radical (unpaired) electrons. The van der Waals surface area contributed by atoms with Crippen LogP contribution in [-0.2, 0) is 0 Å². The van der Waals surface area contributed by atoms with Crippen molar-refractivity contribution in [2.45, 2.75) is 41.5 Å². The number of rotatable bonds is 8. The first kappa shape index (κ1) is 26.3. The molecule has 37 heavy (non-hydrogen) atoms. The summed E-state index contributed by atoms with van der Waals surface area (Å²) in [5, 5.41) is 0. The largest absolute Gasteiger partial charge is 0.441 e. The maximum absolute atomic E-state index is 13.0. The number of carbonyl (C=O) groups is 2. The summed E-state index contributed by atoms with van der Waals surface area (Å²) in [7, 11) is -0.265. The lowest BCUT2D eigenvalue weighted by Crippen LogP contribution is -2.06. The van der Waals surface area contributed by atoms with Crippen molar-refractivity contribution >= 4 is 20.6 Å². The Morgan fingerprint density at radius 1 is 0.514 bits per heavy atom. The van der Waals surface area contributed by atoms with Crippen molar-refractivity contribution in [3.63, 3.8) is 0 Å². The van der Waals surface area contributed by atoms with Crippen LogP contribution in [0, 0.1) is 41.5 Å². The second-order valence-electron chi connectivity index (χ2n) is 9.54. The lowest BCUT2D eigenvalue weighted by Gasteiger charge is -2.12. The number of benzene rings is 4. The molecule has 0 heterocycles. The summed E-state index contributed by atoms with van der Waals surface area (Å²) < 4.78 is 11.5. The van der Waals surface area contributed by atoms with E-state index in [1.807, 2.05) is 65.8 Å². The molecule has 0 amide bonds. The zero-order valence-corrected chi connectivity index (χ0v) is 23.1. The van der Waals surface area contributed by atoms with Gasteiger partial charge in [-0.1, -0.05) is 35.4 Å². The van der Waals surface area contributed by atoms with Crippen LogP contribution in [0.5, 0.6) is 11.5 Å². The fourth-order valence-corrected chi connectivity index (χ4v) is 5.34. The molecule has 0 aliphatic rings. The Morgan fingerprint density at radius 3 is 1.11 bits per heavy atom. The average molecular weight is 511 g/mol. The minimum Gasteiger partial charge on any atom is -0.441 e. The molecule has 4 nitrogen and oxygen atoms in total. The molecule has 188 valence electrons. The van der Waals surface area contributed by atoms with Gasteiger partial charge in [0.2, 0.25) is 0 Å². The molecule has 0 atom stereocenters. The van der Waals surface area contributed by atoms with Gasteiger partial charge >= 0.3 is 0 Å². The van der Waals surface area contributed by atoms with E-state index in [2.05, 4.69) is 0 Å². The Morgan fingerprint density at radius 2 is 0.811 bits per heavy atom. The topological polar surface area (TPSA) is 52.6 Å². The van der Waals surface area contributed by atoms with Gasteiger partial charge in [0, 0.05) is 22.3 Å². The summed E-state index contributed by atoms with van der Waals surface area (Å²) in [6.07, 6.45) is 0. The highest BCUT2D eigenvalue weighted by Crippen LogP contribution is 2.28. The molecule has 0 N–H and O–H groups in total. The minimum absolute atomic E-state index is 0.00547. The van der Waals surface area contributed by atoms with Gasteiger partial charge in [0.05, 0.1) is 0 Å². The predicted octanol–water partition coefficient (Wildman–Crippen LogP) is 7.97. The standard InChI is InChI=1S/C32H31O4P/c1-19-15-21(3)29(22(4)16-19)31(33)25-7-11-27(12-8-25)35-37-36-28-13-9-26(10-14-28)32(34)30-23(5)17-20(2)18-24(30)6/h7-18,37H,1-6H3. The van der Waals surface area contributed by atoms with E-state index in [-0.39, 0.29) is 20.6 Å². The Kier molecular flexibility index (Phi) is 7.90. The number of hydrogen-bond acceptors (Lipinski definition) is 4. The van der Waals surface area contributed by atoms with Crippen molar-refractivity contribution in [1.29, 1.82) is 0 Å². The first-order valence-corrected chi connectivity index (χ1v) is 13.0. The summed E-state index contributed by atoms with van der Waals surface area (Å²) >= 11 is 0. The van der Waals surface area contributed by atoms with Crippen LogP contribution in [0.15, 0.2) is 72.8 Å². The smallest absolute Gasteiger partial charge is 0.275 e. The summed E-state index contributed by atoms with van der Waals surface area (Å²) in [5.41, 5.74) is 8.95. The van der Waals surface area contributed by atoms with E-state index in [9.17, 15) is 9.59 Å². The third kappa shape index (κ3) is 5.98. The van der Waals surface area contributed by atoms with Gasteiger partial charge in [-0.2, -0.15) is 0 Å². The van der Waals surface area contributed by atoms with Gasteiger partial charge in [0.15, 0.2) is 11.6 Å². The maximum atomic E-state index is 13.0. The normalized spacial score (nSPS) is 10.8. The van der Waals surface area contributed by atoms with Crippen LogP contribution in [-0.4, -0.2) is 11.6 Å². The van der Waals surface area contributed by atoms with Gasteiger partial charge in [0.1, 0.15) is 11.5 Å². The molecule has 0 saturated carbocycles. The van der Waals surface area contributed by atoms with Crippen molar-refractivity contribution in [2.75, 3.05) is 0 Å². The molecule has 0 fully saturated rings. The quantitative estimate of drug-likeness (QED) is 0.178. The fraction of sp³-hybridized carbons (Fsp3) is 0.188. The fourth-order valence-electron chi connectivity index (χ4n) is 4.83. The summed E-state index contributed by atoms with van der Waals surface area (Å²) in [4.78, 5) is 26.1.